The van der Waals surface area contributed by atoms with Crippen LogP contribution in [0.5, 0.6) is 0 Å². The Kier molecular flexibility index (Phi) is 27.7. The fourth-order valence-electron chi connectivity index (χ4n) is 2.70. The molecule has 5 heteroatoms. The second-order valence-corrected chi connectivity index (χ2v) is 7.13. The molecule has 0 aliphatic heterocycles. The molecule has 0 fully saturated rings. The van der Waals surface area contributed by atoms with Crippen molar-refractivity contribution in [3.8, 4) is 0 Å². The quantitative estimate of drug-likeness (QED) is 0.311. The van der Waals surface area contributed by atoms with Crippen molar-refractivity contribution in [1.82, 2.24) is 0 Å². The summed E-state index contributed by atoms with van der Waals surface area (Å²) >= 11 is 0. The van der Waals surface area contributed by atoms with E-state index in [1.54, 1.807) is 0 Å². The molecule has 2 unspecified atom stereocenters. The largest absolute Gasteiger partial charge is 0.394 e. The van der Waals surface area contributed by atoms with Crippen LogP contribution in [0.15, 0.2) is 0 Å². The Morgan fingerprint density at radius 1 is 0.593 bits per heavy atom. The smallest absolute Gasteiger partial charge is 0.0701 e. The number of ether oxygens (including phenoxy) is 3. The second-order valence-electron chi connectivity index (χ2n) is 7.13. The normalized spacial score (nSPS) is 13.1. The molecule has 0 bridgehead atoms. The van der Waals surface area contributed by atoms with E-state index < -0.39 is 0 Å². The zero-order valence-corrected chi connectivity index (χ0v) is 18.6. The minimum absolute atomic E-state index is 0.0417. The van der Waals surface area contributed by atoms with Crippen LogP contribution in [0.25, 0.3) is 0 Å². The van der Waals surface area contributed by atoms with Crippen molar-refractivity contribution >= 4 is 0 Å². The maximum Gasteiger partial charge on any atom is 0.0701 e. The fraction of sp³-hybridized carbons (Fsp3) is 1.00. The van der Waals surface area contributed by atoms with Gasteiger partial charge in [0.05, 0.1) is 51.8 Å². The summed E-state index contributed by atoms with van der Waals surface area (Å²) in [6.45, 7) is 10.7. The first kappa shape index (κ1) is 29.0. The van der Waals surface area contributed by atoms with Gasteiger partial charge in [-0.2, -0.15) is 0 Å². The van der Waals surface area contributed by atoms with Gasteiger partial charge in [-0.1, -0.05) is 65.2 Å². The first-order valence-electron chi connectivity index (χ1n) is 11.1. The molecule has 0 aliphatic rings. The molecule has 0 aliphatic carbocycles. The van der Waals surface area contributed by atoms with Gasteiger partial charge in [-0.3, -0.25) is 0 Å². The van der Waals surface area contributed by atoms with Crippen molar-refractivity contribution < 1.29 is 24.4 Å². The zero-order chi connectivity index (χ0) is 20.6. The van der Waals surface area contributed by atoms with E-state index in [0.717, 1.165) is 0 Å². The van der Waals surface area contributed by atoms with E-state index in [-0.39, 0.29) is 13.2 Å². The van der Waals surface area contributed by atoms with Crippen LogP contribution in [0.2, 0.25) is 0 Å². The summed E-state index contributed by atoms with van der Waals surface area (Å²) in [5.74, 6) is 0. The highest BCUT2D eigenvalue weighted by Crippen LogP contribution is 2.13. The van der Waals surface area contributed by atoms with Crippen molar-refractivity contribution in [3.05, 3.63) is 0 Å². The van der Waals surface area contributed by atoms with Crippen molar-refractivity contribution in [3.63, 3.8) is 0 Å². The molecule has 27 heavy (non-hydrogen) atoms. The topological polar surface area (TPSA) is 68.2 Å². The maximum atomic E-state index is 8.26. The SMILES string of the molecule is CCCCCCC(C)OC(C)CCCCCC.OCCOCCOCCO. The van der Waals surface area contributed by atoms with E-state index in [1.807, 2.05) is 0 Å². The third-order valence-corrected chi connectivity index (χ3v) is 4.24. The average molecular weight is 393 g/mol. The lowest BCUT2D eigenvalue weighted by molar-refractivity contribution is -0.00229. The molecule has 166 valence electrons. The number of rotatable bonds is 19. The first-order chi connectivity index (χ1) is 13.1. The molecule has 0 saturated carbocycles. The van der Waals surface area contributed by atoms with E-state index >= 15 is 0 Å². The van der Waals surface area contributed by atoms with Crippen LogP contribution < -0.4 is 0 Å². The second kappa shape index (κ2) is 25.8. The summed E-state index contributed by atoms with van der Waals surface area (Å²) < 4.78 is 15.8. The lowest BCUT2D eigenvalue weighted by Crippen LogP contribution is -2.17. The van der Waals surface area contributed by atoms with Crippen molar-refractivity contribution in [1.29, 1.82) is 0 Å². The molecular formula is C22H48O5. The van der Waals surface area contributed by atoms with Gasteiger partial charge in [0.2, 0.25) is 0 Å². The summed E-state index contributed by atoms with van der Waals surface area (Å²) in [6.07, 6.45) is 14.2. The minimum Gasteiger partial charge on any atom is -0.394 e. The molecule has 2 N–H and O–H groups in total. The van der Waals surface area contributed by atoms with Gasteiger partial charge in [0.15, 0.2) is 0 Å². The maximum absolute atomic E-state index is 8.26. The Balaban J connectivity index is 0. The third kappa shape index (κ3) is 28.1. The van der Waals surface area contributed by atoms with Gasteiger partial charge in [0, 0.05) is 0 Å². The molecule has 0 heterocycles. The minimum atomic E-state index is 0.0417. The van der Waals surface area contributed by atoms with Crippen LogP contribution in [0, 0.1) is 0 Å². The number of hydrogen-bond donors (Lipinski definition) is 2. The van der Waals surface area contributed by atoms with Crippen LogP contribution in [0.4, 0.5) is 0 Å². The Labute approximate surface area is 168 Å². The highest BCUT2D eigenvalue weighted by Gasteiger charge is 2.08. The molecule has 0 spiro atoms. The van der Waals surface area contributed by atoms with E-state index in [4.69, 9.17) is 24.4 Å². The summed E-state index contributed by atoms with van der Waals surface area (Å²) in [5, 5.41) is 16.5. The lowest BCUT2D eigenvalue weighted by atomic mass is 10.1. The van der Waals surface area contributed by atoms with Crippen molar-refractivity contribution in [2.45, 2.75) is 104 Å². The van der Waals surface area contributed by atoms with Gasteiger partial charge in [0.25, 0.3) is 0 Å². The molecule has 0 aromatic heterocycles. The molecule has 5 nitrogen and oxygen atoms in total. The number of unbranched alkanes of at least 4 members (excludes halogenated alkanes) is 6. The van der Waals surface area contributed by atoms with E-state index in [2.05, 4.69) is 27.7 Å². The fourth-order valence-corrected chi connectivity index (χ4v) is 2.70. The van der Waals surface area contributed by atoms with Crippen LogP contribution in [-0.4, -0.2) is 62.1 Å². The van der Waals surface area contributed by atoms with Crippen LogP contribution in [0.3, 0.4) is 0 Å². The number of aliphatic hydroxyl groups is 2. The van der Waals surface area contributed by atoms with Gasteiger partial charge < -0.3 is 24.4 Å². The van der Waals surface area contributed by atoms with Crippen LogP contribution >= 0.6 is 0 Å². The van der Waals surface area contributed by atoms with Crippen LogP contribution in [-0.2, 0) is 14.2 Å². The Hall–Kier alpha value is -0.200. The molecule has 0 rings (SSSR count). The predicted molar refractivity (Wildman–Crippen MR) is 113 cm³/mol. The average Bonchev–Trinajstić information content (AvgIpc) is 2.66. The summed E-state index contributed by atoms with van der Waals surface area (Å²) in [4.78, 5) is 0. The molecule has 0 aromatic carbocycles. The zero-order valence-electron chi connectivity index (χ0n) is 18.6. The highest BCUT2D eigenvalue weighted by atomic mass is 16.5. The van der Waals surface area contributed by atoms with Crippen molar-refractivity contribution in [2.24, 2.45) is 0 Å². The predicted octanol–water partition coefficient (Wildman–Crippen LogP) is 4.73. The van der Waals surface area contributed by atoms with E-state index in [1.165, 1.54) is 64.2 Å². The van der Waals surface area contributed by atoms with E-state index in [9.17, 15) is 0 Å². The lowest BCUT2D eigenvalue weighted by Gasteiger charge is -2.19. The molecular weight excluding hydrogens is 344 g/mol. The molecule has 0 aromatic rings. The van der Waals surface area contributed by atoms with Gasteiger partial charge in [-0.05, 0) is 26.7 Å². The van der Waals surface area contributed by atoms with Gasteiger partial charge >= 0.3 is 0 Å². The Morgan fingerprint density at radius 3 is 1.33 bits per heavy atom. The summed E-state index contributed by atoms with van der Waals surface area (Å²) in [7, 11) is 0. The standard InChI is InChI=1S/C16H34O.C6H14O4/c1-5-7-9-11-13-15(3)17-16(4)14-12-10-8-6-2;7-1-3-9-5-6-10-4-2-8/h15-16H,5-14H2,1-4H3;7-8H,1-6H2. The monoisotopic (exact) mass is 392 g/mol. The van der Waals surface area contributed by atoms with Gasteiger partial charge in [-0.15, -0.1) is 0 Å². The molecule has 2 atom stereocenters. The highest BCUT2D eigenvalue weighted by molar-refractivity contribution is 4.57. The molecule has 0 radical (unpaired) electrons. The molecule has 0 saturated heterocycles. The van der Waals surface area contributed by atoms with Gasteiger partial charge in [0.1, 0.15) is 0 Å². The summed E-state index contributed by atoms with van der Waals surface area (Å²) in [6, 6.07) is 0. The summed E-state index contributed by atoms with van der Waals surface area (Å²) in [5.41, 5.74) is 0. The first-order valence-corrected chi connectivity index (χ1v) is 11.1. The third-order valence-electron chi connectivity index (χ3n) is 4.24. The Morgan fingerprint density at radius 2 is 1.00 bits per heavy atom. The van der Waals surface area contributed by atoms with Crippen LogP contribution in [0.1, 0.15) is 91.9 Å². The van der Waals surface area contributed by atoms with Crippen molar-refractivity contribution in [2.75, 3.05) is 39.6 Å². The van der Waals surface area contributed by atoms with Gasteiger partial charge in [-0.25, -0.2) is 0 Å². The number of hydrogen-bond acceptors (Lipinski definition) is 5. The number of aliphatic hydroxyl groups excluding tert-OH is 2. The van der Waals surface area contributed by atoms with E-state index in [0.29, 0.717) is 38.6 Å². The molecule has 0 amide bonds. The Bertz CT molecular complexity index is 227.